The van der Waals surface area contributed by atoms with Gasteiger partial charge in [-0.3, -0.25) is 19.2 Å². The summed E-state index contributed by atoms with van der Waals surface area (Å²) >= 11 is 0. The monoisotopic (exact) mass is 417 g/mol. The fraction of sp³-hybridized carbons (Fsp3) is 0.350. The van der Waals surface area contributed by atoms with Crippen molar-refractivity contribution in [2.45, 2.75) is 32.9 Å². The van der Waals surface area contributed by atoms with Crippen molar-refractivity contribution in [1.82, 2.24) is 4.90 Å². The van der Waals surface area contributed by atoms with Crippen LogP contribution in [-0.2, 0) is 27.8 Å². The van der Waals surface area contributed by atoms with Gasteiger partial charge in [0.15, 0.2) is 0 Å². The van der Waals surface area contributed by atoms with Crippen LogP contribution in [0.25, 0.3) is 0 Å². The summed E-state index contributed by atoms with van der Waals surface area (Å²) in [6.45, 7) is 4.07. The summed E-state index contributed by atoms with van der Waals surface area (Å²) in [5, 5.41) is 11.2. The molecule has 2 aromatic carbocycles. The molecule has 0 radical (unpaired) electrons. The third-order valence-electron chi connectivity index (χ3n) is 5.15. The van der Waals surface area contributed by atoms with Gasteiger partial charge in [-0.25, -0.2) is 8.42 Å². The van der Waals surface area contributed by atoms with E-state index in [1.807, 2.05) is 24.3 Å². The SMILES string of the molecule is Cc1ccc([N+](=O)[O-])cc1N([C@@H](C)C(=O)N1CCc2ccccc2C1)S(C)(=O)=O. The summed E-state index contributed by atoms with van der Waals surface area (Å²) in [5.74, 6) is -0.337. The van der Waals surface area contributed by atoms with Crippen LogP contribution in [0.1, 0.15) is 23.6 Å². The minimum absolute atomic E-state index is 0.139. The zero-order valence-electron chi connectivity index (χ0n) is 16.5. The Balaban J connectivity index is 1.95. The first-order chi connectivity index (χ1) is 13.6. The van der Waals surface area contributed by atoms with E-state index in [4.69, 9.17) is 0 Å². The van der Waals surface area contributed by atoms with E-state index in [1.54, 1.807) is 11.8 Å². The molecular formula is C20H23N3O5S. The van der Waals surface area contributed by atoms with E-state index < -0.39 is 21.0 Å². The van der Waals surface area contributed by atoms with Crippen LogP contribution < -0.4 is 4.31 Å². The lowest BCUT2D eigenvalue weighted by atomic mass is 9.99. The summed E-state index contributed by atoms with van der Waals surface area (Å²) in [6, 6.07) is 10.8. The van der Waals surface area contributed by atoms with Crippen molar-refractivity contribution in [3.8, 4) is 0 Å². The summed E-state index contributed by atoms with van der Waals surface area (Å²) < 4.78 is 26.1. The Bertz CT molecular complexity index is 1070. The predicted molar refractivity (Wildman–Crippen MR) is 110 cm³/mol. The van der Waals surface area contributed by atoms with Crippen LogP contribution in [0.3, 0.4) is 0 Å². The minimum atomic E-state index is -3.86. The Morgan fingerprint density at radius 2 is 1.86 bits per heavy atom. The van der Waals surface area contributed by atoms with E-state index in [0.29, 0.717) is 25.1 Å². The van der Waals surface area contributed by atoms with Gasteiger partial charge in [-0.1, -0.05) is 30.3 Å². The number of carbonyl (C=O) groups is 1. The van der Waals surface area contributed by atoms with Gasteiger partial charge >= 0.3 is 0 Å². The highest BCUT2D eigenvalue weighted by Gasteiger charge is 2.34. The molecule has 0 unspecified atom stereocenters. The molecule has 154 valence electrons. The topological polar surface area (TPSA) is 101 Å². The lowest BCUT2D eigenvalue weighted by Crippen LogP contribution is -2.50. The van der Waals surface area contributed by atoms with E-state index in [2.05, 4.69) is 0 Å². The van der Waals surface area contributed by atoms with Crippen molar-refractivity contribution in [2.24, 2.45) is 0 Å². The summed E-state index contributed by atoms with van der Waals surface area (Å²) in [7, 11) is -3.86. The smallest absolute Gasteiger partial charge is 0.271 e. The first-order valence-corrected chi connectivity index (χ1v) is 11.0. The molecular weight excluding hydrogens is 394 g/mol. The molecule has 1 atom stereocenters. The second-order valence-electron chi connectivity index (χ2n) is 7.24. The van der Waals surface area contributed by atoms with E-state index in [1.165, 1.54) is 30.7 Å². The second kappa shape index (κ2) is 7.82. The van der Waals surface area contributed by atoms with E-state index in [0.717, 1.165) is 16.1 Å². The fourth-order valence-corrected chi connectivity index (χ4v) is 4.89. The number of hydrogen-bond acceptors (Lipinski definition) is 5. The maximum atomic E-state index is 13.2. The number of carbonyl (C=O) groups excluding carboxylic acids is 1. The van der Waals surface area contributed by atoms with Gasteiger partial charge in [0, 0.05) is 25.2 Å². The Kier molecular flexibility index (Phi) is 5.61. The number of hydrogen-bond donors (Lipinski definition) is 0. The van der Waals surface area contributed by atoms with Crippen molar-refractivity contribution in [3.63, 3.8) is 0 Å². The molecule has 1 amide bonds. The van der Waals surface area contributed by atoms with Gasteiger partial charge in [0.25, 0.3) is 5.69 Å². The average molecular weight is 417 g/mol. The van der Waals surface area contributed by atoms with Crippen LogP contribution >= 0.6 is 0 Å². The molecule has 9 heteroatoms. The molecule has 0 saturated heterocycles. The molecule has 0 saturated carbocycles. The average Bonchev–Trinajstić information content (AvgIpc) is 2.67. The third kappa shape index (κ3) is 4.24. The van der Waals surface area contributed by atoms with Crippen LogP contribution in [-0.4, -0.2) is 43.0 Å². The second-order valence-corrected chi connectivity index (χ2v) is 9.10. The zero-order chi connectivity index (χ0) is 21.3. The normalized spacial score (nSPS) is 14.8. The number of amides is 1. The van der Waals surface area contributed by atoms with Crippen molar-refractivity contribution >= 4 is 27.3 Å². The molecule has 0 aliphatic carbocycles. The Labute approximate surface area is 169 Å². The highest BCUT2D eigenvalue weighted by atomic mass is 32.2. The van der Waals surface area contributed by atoms with Gasteiger partial charge in [0.05, 0.1) is 16.9 Å². The number of benzene rings is 2. The highest BCUT2D eigenvalue weighted by molar-refractivity contribution is 7.92. The summed E-state index contributed by atoms with van der Waals surface area (Å²) in [4.78, 5) is 25.4. The van der Waals surface area contributed by atoms with E-state index >= 15 is 0 Å². The van der Waals surface area contributed by atoms with Crippen molar-refractivity contribution in [1.29, 1.82) is 0 Å². The maximum Gasteiger partial charge on any atom is 0.271 e. The number of rotatable bonds is 5. The van der Waals surface area contributed by atoms with E-state index in [-0.39, 0.29) is 17.3 Å². The molecule has 1 heterocycles. The molecule has 0 fully saturated rings. The minimum Gasteiger partial charge on any atom is -0.336 e. The molecule has 0 aromatic heterocycles. The van der Waals surface area contributed by atoms with Crippen LogP contribution in [0.4, 0.5) is 11.4 Å². The van der Waals surface area contributed by atoms with Crippen molar-refractivity contribution < 1.29 is 18.1 Å². The quantitative estimate of drug-likeness (QED) is 0.550. The summed E-state index contributed by atoms with van der Waals surface area (Å²) in [5.41, 5.74) is 2.66. The van der Waals surface area contributed by atoms with Crippen molar-refractivity contribution in [2.75, 3.05) is 17.1 Å². The lowest BCUT2D eigenvalue weighted by molar-refractivity contribution is -0.384. The lowest BCUT2D eigenvalue weighted by Gasteiger charge is -2.35. The Hall–Kier alpha value is -2.94. The Morgan fingerprint density at radius 1 is 1.21 bits per heavy atom. The van der Waals surface area contributed by atoms with Crippen LogP contribution in [0, 0.1) is 17.0 Å². The molecule has 1 aliphatic rings. The number of anilines is 1. The number of nitro groups is 1. The Morgan fingerprint density at radius 3 is 2.48 bits per heavy atom. The molecule has 0 bridgehead atoms. The van der Waals surface area contributed by atoms with Gasteiger partial charge in [-0.15, -0.1) is 0 Å². The number of sulfonamides is 1. The molecule has 3 rings (SSSR count). The standard InChI is InChI=1S/C20H23N3O5S/c1-14-8-9-18(23(25)26)12-19(14)22(29(3,27)28)15(2)20(24)21-11-10-16-6-4-5-7-17(16)13-21/h4-9,12,15H,10-11,13H2,1-3H3/t15-/m0/s1. The predicted octanol–water partition coefficient (Wildman–Crippen LogP) is 2.64. The highest BCUT2D eigenvalue weighted by Crippen LogP contribution is 2.30. The van der Waals surface area contributed by atoms with Gasteiger partial charge in [0.2, 0.25) is 15.9 Å². The molecule has 8 nitrogen and oxygen atoms in total. The van der Waals surface area contributed by atoms with Gasteiger partial charge in [-0.2, -0.15) is 0 Å². The van der Waals surface area contributed by atoms with Gasteiger partial charge in [0.1, 0.15) is 6.04 Å². The van der Waals surface area contributed by atoms with Crippen LogP contribution in [0.15, 0.2) is 42.5 Å². The largest absolute Gasteiger partial charge is 0.336 e. The number of aryl methyl sites for hydroxylation is 1. The number of nitrogens with zero attached hydrogens (tertiary/aromatic N) is 3. The molecule has 2 aromatic rings. The number of fused-ring (bicyclic) bond motifs is 1. The number of nitro benzene ring substituents is 1. The fourth-order valence-electron chi connectivity index (χ4n) is 3.67. The van der Waals surface area contributed by atoms with E-state index in [9.17, 15) is 23.3 Å². The zero-order valence-corrected chi connectivity index (χ0v) is 17.3. The first-order valence-electron chi connectivity index (χ1n) is 9.19. The first kappa shape index (κ1) is 20.8. The number of non-ortho nitro benzene ring substituents is 1. The summed E-state index contributed by atoms with van der Waals surface area (Å²) in [6.07, 6.45) is 1.70. The van der Waals surface area contributed by atoms with Crippen molar-refractivity contribution in [3.05, 3.63) is 69.3 Å². The van der Waals surface area contributed by atoms with Crippen LogP contribution in [0.5, 0.6) is 0 Å². The molecule has 1 aliphatic heterocycles. The molecule has 0 N–H and O–H groups in total. The van der Waals surface area contributed by atoms with Gasteiger partial charge < -0.3 is 4.90 Å². The third-order valence-corrected chi connectivity index (χ3v) is 6.38. The maximum absolute atomic E-state index is 13.2. The molecule has 0 spiro atoms. The van der Waals surface area contributed by atoms with Gasteiger partial charge in [-0.05, 0) is 37.0 Å². The van der Waals surface area contributed by atoms with Crippen LogP contribution in [0.2, 0.25) is 0 Å². The molecule has 29 heavy (non-hydrogen) atoms.